The van der Waals surface area contributed by atoms with E-state index < -0.39 is 0 Å². The number of nitrogens with zero attached hydrogens (tertiary/aromatic N) is 1. The Morgan fingerprint density at radius 3 is 1.92 bits per heavy atom. The number of unbranched alkanes of at least 4 members (excludes halogenated alkanes) is 5. The van der Waals surface area contributed by atoms with Crippen LogP contribution in [0.4, 0.5) is 5.69 Å². The molecule has 0 amide bonds. The van der Waals surface area contributed by atoms with Crippen LogP contribution in [0, 0.1) is 0 Å². The molecule has 6 heteroatoms. The monoisotopic (exact) mass is 534 g/mol. The van der Waals surface area contributed by atoms with Crippen LogP contribution in [0.3, 0.4) is 0 Å². The molecule has 3 aromatic rings. The summed E-state index contributed by atoms with van der Waals surface area (Å²) < 4.78 is 23.3. The molecule has 0 saturated carbocycles. The largest absolute Gasteiger partial charge is 0.496 e. The Balaban J connectivity index is 1.18. The van der Waals surface area contributed by atoms with Gasteiger partial charge in [-0.15, -0.1) is 0 Å². The summed E-state index contributed by atoms with van der Waals surface area (Å²) in [6.07, 6.45) is 6.76. The summed E-state index contributed by atoms with van der Waals surface area (Å²) in [6.45, 7) is 1.66. The normalized spacial score (nSPS) is 11.2. The second kappa shape index (κ2) is 15.8. The Labute approximate surface area is 234 Å². The van der Waals surface area contributed by atoms with Gasteiger partial charge in [-0.2, -0.15) is 0 Å². The van der Waals surface area contributed by atoms with Gasteiger partial charge < -0.3 is 18.9 Å². The van der Waals surface area contributed by atoms with Crippen molar-refractivity contribution in [2.45, 2.75) is 51.6 Å². The third kappa shape index (κ3) is 11.0. The molecule has 6 nitrogen and oxygen atoms in total. The molecule has 0 radical (unpaired) electrons. The van der Waals surface area contributed by atoms with Gasteiger partial charge in [0, 0.05) is 5.56 Å². The fourth-order valence-electron chi connectivity index (χ4n) is 4.18. The van der Waals surface area contributed by atoms with E-state index >= 15 is 0 Å². The predicted molar refractivity (Wildman–Crippen MR) is 158 cm³/mol. The van der Waals surface area contributed by atoms with E-state index in [1.165, 1.54) is 5.69 Å². The Kier molecular flexibility index (Phi) is 12.2. The Bertz CT molecular complexity index is 1120. The van der Waals surface area contributed by atoms with Crippen molar-refractivity contribution < 1.29 is 23.7 Å². The third-order valence-electron chi connectivity index (χ3n) is 6.54. The number of esters is 1. The van der Waals surface area contributed by atoms with Crippen LogP contribution in [0.2, 0.25) is 0 Å². The lowest BCUT2D eigenvalue weighted by atomic mass is 10.1. The zero-order valence-corrected chi connectivity index (χ0v) is 24.0. The molecule has 0 spiro atoms. The summed E-state index contributed by atoms with van der Waals surface area (Å²) in [6, 6.07) is 23.8. The molecule has 0 aliphatic rings. The first-order valence-corrected chi connectivity index (χ1v) is 13.9. The Morgan fingerprint density at radius 2 is 1.28 bits per heavy atom. The Morgan fingerprint density at radius 1 is 0.692 bits per heavy atom. The second-order valence-electron chi connectivity index (χ2n) is 10.6. The van der Waals surface area contributed by atoms with Crippen LogP contribution in [0.1, 0.15) is 49.7 Å². The summed E-state index contributed by atoms with van der Waals surface area (Å²) in [4.78, 5) is 12.1. The number of benzene rings is 3. The van der Waals surface area contributed by atoms with Gasteiger partial charge in [0.15, 0.2) is 0 Å². The number of para-hydroxylation sites is 1. The van der Waals surface area contributed by atoms with E-state index in [4.69, 9.17) is 18.9 Å². The molecular weight excluding hydrogens is 490 g/mol. The van der Waals surface area contributed by atoms with E-state index in [0.717, 1.165) is 71.4 Å². The number of methoxy groups -OCH3 is 1. The number of quaternary nitrogens is 1. The lowest BCUT2D eigenvalue weighted by Gasteiger charge is -2.23. The van der Waals surface area contributed by atoms with Crippen molar-refractivity contribution in [1.82, 2.24) is 4.48 Å². The molecule has 0 aliphatic carbocycles. The molecule has 0 N–H and O–H groups in total. The van der Waals surface area contributed by atoms with Crippen molar-refractivity contribution in [3.8, 4) is 17.2 Å². The van der Waals surface area contributed by atoms with Crippen molar-refractivity contribution in [3.05, 3.63) is 83.9 Å². The molecule has 3 rings (SSSR count). The first kappa shape index (κ1) is 30.0. The molecular formula is C33H44NO5+. The third-order valence-corrected chi connectivity index (χ3v) is 6.54. The average molecular weight is 535 g/mol. The van der Waals surface area contributed by atoms with E-state index in [1.54, 1.807) is 7.11 Å². The van der Waals surface area contributed by atoms with E-state index in [9.17, 15) is 4.79 Å². The topological polar surface area (TPSA) is 54.0 Å². The van der Waals surface area contributed by atoms with Gasteiger partial charge >= 0.3 is 5.97 Å². The zero-order chi connectivity index (χ0) is 27.9. The predicted octanol–water partition coefficient (Wildman–Crippen LogP) is 6.98. The zero-order valence-electron chi connectivity index (χ0n) is 24.0. The number of hydrogen-bond donors (Lipinski definition) is 0. The quantitative estimate of drug-likeness (QED) is 0.106. The molecule has 0 atom stereocenters. The molecule has 3 aromatic carbocycles. The van der Waals surface area contributed by atoms with Crippen molar-refractivity contribution in [1.29, 1.82) is 0 Å². The number of hydrogen-bond acceptors (Lipinski definition) is 5. The van der Waals surface area contributed by atoms with Gasteiger partial charge in [-0.25, -0.2) is 0 Å². The molecule has 0 heterocycles. The maximum atomic E-state index is 12.1. The summed E-state index contributed by atoms with van der Waals surface area (Å²) >= 11 is 0. The summed E-state index contributed by atoms with van der Waals surface area (Å²) in [5.74, 6) is 2.33. The Hall–Kier alpha value is -3.51. The van der Waals surface area contributed by atoms with E-state index in [2.05, 4.69) is 33.3 Å². The maximum absolute atomic E-state index is 12.1. The van der Waals surface area contributed by atoms with E-state index in [1.807, 2.05) is 60.7 Å². The number of carbonyl (C=O) groups is 1. The molecule has 0 aliphatic heterocycles. The molecule has 0 fully saturated rings. The van der Waals surface area contributed by atoms with E-state index in [-0.39, 0.29) is 5.97 Å². The van der Waals surface area contributed by atoms with Crippen molar-refractivity contribution in [2.24, 2.45) is 0 Å². The average Bonchev–Trinajstić information content (AvgIpc) is 2.93. The molecule has 0 aromatic heterocycles. The molecule has 0 unspecified atom stereocenters. The van der Waals surface area contributed by atoms with Gasteiger partial charge in [-0.1, -0.05) is 56.0 Å². The lowest BCUT2D eigenvalue weighted by Crippen LogP contribution is -2.34. The van der Waals surface area contributed by atoms with Gasteiger partial charge in [0.25, 0.3) is 0 Å². The van der Waals surface area contributed by atoms with Crippen molar-refractivity contribution >= 4 is 11.7 Å². The fraction of sp³-hybridized carbons (Fsp3) is 0.424. The first-order valence-electron chi connectivity index (χ1n) is 13.9. The molecule has 0 saturated heterocycles. The van der Waals surface area contributed by atoms with Crippen LogP contribution < -0.4 is 18.7 Å². The van der Waals surface area contributed by atoms with Gasteiger partial charge in [0.2, 0.25) is 0 Å². The SMILES string of the molecule is COc1ccccc1COc1ccc(OCCCCCCCCOC(=O)Cc2ccc([N+](C)(C)C)cc2)cc1. The lowest BCUT2D eigenvalue weighted by molar-refractivity contribution is -0.142. The highest BCUT2D eigenvalue weighted by molar-refractivity contribution is 5.72. The summed E-state index contributed by atoms with van der Waals surface area (Å²) in [5.41, 5.74) is 3.21. The molecule has 210 valence electrons. The van der Waals surface area contributed by atoms with Gasteiger partial charge in [0.1, 0.15) is 29.5 Å². The smallest absolute Gasteiger partial charge is 0.310 e. The van der Waals surface area contributed by atoms with Crippen molar-refractivity contribution in [2.75, 3.05) is 41.5 Å². The number of rotatable bonds is 17. The molecule has 0 bridgehead atoms. The molecule has 39 heavy (non-hydrogen) atoms. The van der Waals surface area contributed by atoms with E-state index in [0.29, 0.717) is 26.2 Å². The highest BCUT2D eigenvalue weighted by Crippen LogP contribution is 2.22. The first-order chi connectivity index (χ1) is 18.8. The number of carbonyl (C=O) groups excluding carboxylic acids is 1. The van der Waals surface area contributed by atoms with Gasteiger partial charge in [-0.05, 0) is 60.9 Å². The minimum absolute atomic E-state index is 0.152. The second-order valence-corrected chi connectivity index (χ2v) is 10.6. The van der Waals surface area contributed by atoms with Crippen LogP contribution in [0.25, 0.3) is 0 Å². The van der Waals surface area contributed by atoms with Crippen LogP contribution in [0.5, 0.6) is 17.2 Å². The van der Waals surface area contributed by atoms with Gasteiger partial charge in [-0.3, -0.25) is 9.28 Å². The van der Waals surface area contributed by atoms with Crippen LogP contribution in [-0.2, 0) is 22.6 Å². The van der Waals surface area contributed by atoms with Crippen molar-refractivity contribution in [3.63, 3.8) is 0 Å². The van der Waals surface area contributed by atoms with Crippen LogP contribution >= 0.6 is 0 Å². The number of ether oxygens (including phenoxy) is 4. The minimum Gasteiger partial charge on any atom is -0.496 e. The highest BCUT2D eigenvalue weighted by Gasteiger charge is 2.12. The minimum atomic E-state index is -0.152. The maximum Gasteiger partial charge on any atom is 0.310 e. The summed E-state index contributed by atoms with van der Waals surface area (Å²) in [5, 5.41) is 0. The van der Waals surface area contributed by atoms with Crippen LogP contribution in [-0.4, -0.2) is 47.4 Å². The highest BCUT2D eigenvalue weighted by atomic mass is 16.5. The standard InChI is InChI=1S/C33H44NO5/c1-34(2,3)29-17-15-27(16-18-29)25-33(35)38-24-12-8-6-5-7-11-23-37-30-19-21-31(22-20-30)39-26-28-13-9-10-14-32(28)36-4/h9-10,13-22H,5-8,11-12,23-26H2,1-4H3/q+1. The van der Waals surface area contributed by atoms with Gasteiger partial charge in [0.05, 0.1) is 47.9 Å². The van der Waals surface area contributed by atoms with Crippen LogP contribution in [0.15, 0.2) is 72.8 Å². The fourth-order valence-corrected chi connectivity index (χ4v) is 4.18. The summed E-state index contributed by atoms with van der Waals surface area (Å²) in [7, 11) is 8.04.